The Hall–Kier alpha value is -3.34. The third-order valence-corrected chi connectivity index (χ3v) is 8.25. The molecule has 0 radical (unpaired) electrons. The van der Waals surface area contributed by atoms with Gasteiger partial charge in [0.1, 0.15) is 12.6 Å². The van der Waals surface area contributed by atoms with Gasteiger partial charge in [0.15, 0.2) is 6.10 Å². The monoisotopic (exact) mass is 749 g/mol. The van der Waals surface area contributed by atoms with Crippen molar-refractivity contribution >= 4 is 25.7 Å². The van der Waals surface area contributed by atoms with Crippen LogP contribution in [-0.4, -0.2) is 59.9 Å². The van der Waals surface area contributed by atoms with Gasteiger partial charge in [0.2, 0.25) is 0 Å². The van der Waals surface area contributed by atoms with E-state index >= 15 is 0 Å². The first-order valence-electron chi connectivity index (χ1n) is 18.7. The number of phosphoric ester groups is 1. The molecule has 0 amide bonds. The van der Waals surface area contributed by atoms with Gasteiger partial charge in [-0.2, -0.15) is 0 Å². The molecule has 52 heavy (non-hydrogen) atoms. The quantitative estimate of drug-likeness (QED) is 0.0253. The molecule has 0 rings (SSSR count). The smallest absolute Gasteiger partial charge is 0.472 e. The first kappa shape index (κ1) is 48.7. The molecule has 4 N–H and O–H groups in total. The Labute approximate surface area is 312 Å². The number of esters is 2. The number of carbonyl (C=O) groups excluding carboxylic acids is 2. The van der Waals surface area contributed by atoms with Crippen LogP contribution < -0.4 is 5.73 Å². The molecule has 3 atom stereocenters. The number of nitrogens with two attached hydrogens (primary N) is 1. The van der Waals surface area contributed by atoms with Crippen molar-refractivity contribution in [3.63, 3.8) is 0 Å². The van der Waals surface area contributed by atoms with Crippen molar-refractivity contribution in [1.29, 1.82) is 0 Å². The molecule has 11 nitrogen and oxygen atoms in total. The van der Waals surface area contributed by atoms with Crippen molar-refractivity contribution in [2.75, 3.05) is 19.8 Å². The van der Waals surface area contributed by atoms with Crippen LogP contribution in [0, 0.1) is 0 Å². The normalized spacial score (nSPS) is 14.8. The molecule has 0 fully saturated rings. The molecule has 0 aromatic rings. The lowest BCUT2D eigenvalue weighted by Gasteiger charge is -2.20. The van der Waals surface area contributed by atoms with Crippen LogP contribution in [-0.2, 0) is 37.5 Å². The van der Waals surface area contributed by atoms with Crippen LogP contribution >= 0.6 is 7.82 Å². The molecule has 294 valence electrons. The highest BCUT2D eigenvalue weighted by atomic mass is 31.2. The Morgan fingerprint density at radius 2 is 1.02 bits per heavy atom. The standard InChI is InChI=1S/C40H64NO10P/c1-3-5-7-9-11-13-15-17-18-20-21-23-25-27-29-31-38(42)48-33-36(34-49-52(46,47)50-35-37(41)40(44)45)51-39(43)32-30-28-26-24-22-19-16-14-12-10-8-6-4-2/h5-16,19,22,36-37H,3-4,17-18,20-21,23-35,41H2,1-2H3,(H,44,45)(H,46,47)/b7-5+,8-6+,11-9+,12-10+,15-13+,16-14+,22-19+/t36?,37-/m0/s1. The van der Waals surface area contributed by atoms with Gasteiger partial charge in [-0.1, -0.05) is 137 Å². The fourth-order valence-corrected chi connectivity index (χ4v) is 5.15. The summed E-state index contributed by atoms with van der Waals surface area (Å²) in [5.41, 5.74) is 5.31. The number of unbranched alkanes of at least 4 members (excludes halogenated alkanes) is 10. The van der Waals surface area contributed by atoms with Crippen molar-refractivity contribution in [1.82, 2.24) is 0 Å². The number of allylic oxidation sites excluding steroid dienone is 14. The van der Waals surface area contributed by atoms with E-state index in [1.807, 2.05) is 54.7 Å². The second-order valence-electron chi connectivity index (χ2n) is 12.1. The Kier molecular flexibility index (Phi) is 32.5. The number of ether oxygens (including phenoxy) is 2. The summed E-state index contributed by atoms with van der Waals surface area (Å²) in [6.45, 7) is 2.43. The number of rotatable bonds is 33. The van der Waals surface area contributed by atoms with E-state index in [4.69, 9.17) is 24.8 Å². The molecule has 12 heteroatoms. The highest BCUT2D eigenvalue weighted by molar-refractivity contribution is 7.47. The van der Waals surface area contributed by atoms with Gasteiger partial charge >= 0.3 is 25.7 Å². The lowest BCUT2D eigenvalue weighted by Crippen LogP contribution is -2.34. The highest BCUT2D eigenvalue weighted by Crippen LogP contribution is 2.43. The maximum Gasteiger partial charge on any atom is 0.472 e. The van der Waals surface area contributed by atoms with E-state index in [0.717, 1.165) is 77.0 Å². The summed E-state index contributed by atoms with van der Waals surface area (Å²) < 4.78 is 32.5. The first-order valence-corrected chi connectivity index (χ1v) is 20.2. The maximum absolute atomic E-state index is 12.5. The fraction of sp³-hybridized carbons (Fsp3) is 0.575. The molecule has 2 unspecified atom stereocenters. The molecule has 0 saturated carbocycles. The number of carboxylic acid groups (broad SMARTS) is 1. The number of carbonyl (C=O) groups is 3. The van der Waals surface area contributed by atoms with Gasteiger partial charge in [0, 0.05) is 12.8 Å². The molecule has 0 aromatic carbocycles. The van der Waals surface area contributed by atoms with Gasteiger partial charge in [0.25, 0.3) is 0 Å². The SMILES string of the molecule is CC/C=C/C=C/C=C/C=C/CCCCCC(=O)OC(COC(=O)CCCCCCCCC/C=C/C=C/C=C/CC)COP(=O)(O)OC[C@H](N)C(=O)O. The third-order valence-electron chi connectivity index (χ3n) is 7.29. The van der Waals surface area contributed by atoms with Gasteiger partial charge in [-0.25, -0.2) is 4.57 Å². The number of hydrogen-bond acceptors (Lipinski definition) is 9. The number of carboxylic acids is 1. The Bertz CT molecular complexity index is 1200. The largest absolute Gasteiger partial charge is 0.480 e. The summed E-state index contributed by atoms with van der Waals surface area (Å²) in [7, 11) is -4.73. The number of aliphatic carboxylic acids is 1. The zero-order valence-corrected chi connectivity index (χ0v) is 32.3. The Morgan fingerprint density at radius 1 is 0.596 bits per heavy atom. The van der Waals surface area contributed by atoms with Gasteiger partial charge < -0.3 is 25.2 Å². The lowest BCUT2D eigenvalue weighted by atomic mass is 10.1. The maximum atomic E-state index is 12.5. The summed E-state index contributed by atoms with van der Waals surface area (Å²) in [6.07, 6.45) is 40.9. The molecule has 0 bridgehead atoms. The van der Waals surface area contributed by atoms with Gasteiger partial charge in [-0.15, -0.1) is 0 Å². The summed E-state index contributed by atoms with van der Waals surface area (Å²) >= 11 is 0. The van der Waals surface area contributed by atoms with Gasteiger partial charge in [0.05, 0.1) is 13.2 Å². The molecule has 0 aliphatic rings. The minimum absolute atomic E-state index is 0.107. The summed E-state index contributed by atoms with van der Waals surface area (Å²) in [6, 6.07) is -1.53. The minimum atomic E-state index is -4.73. The number of phosphoric acid groups is 1. The Balaban J connectivity index is 4.54. The van der Waals surface area contributed by atoms with Crippen molar-refractivity contribution in [2.45, 2.75) is 129 Å². The van der Waals surface area contributed by atoms with Crippen molar-refractivity contribution in [2.24, 2.45) is 5.73 Å². The van der Waals surface area contributed by atoms with Crippen LogP contribution in [0.25, 0.3) is 0 Å². The summed E-state index contributed by atoms with van der Waals surface area (Å²) in [5, 5.41) is 8.86. The highest BCUT2D eigenvalue weighted by Gasteiger charge is 2.28. The zero-order valence-electron chi connectivity index (χ0n) is 31.4. The zero-order chi connectivity index (χ0) is 38.5. The van der Waals surface area contributed by atoms with Crippen LogP contribution in [0.15, 0.2) is 85.1 Å². The molecule has 0 aliphatic heterocycles. The summed E-state index contributed by atoms with van der Waals surface area (Å²) in [5.74, 6) is -2.46. The fourth-order valence-electron chi connectivity index (χ4n) is 4.37. The molecule has 0 heterocycles. The van der Waals surface area contributed by atoms with Crippen LogP contribution in [0.4, 0.5) is 0 Å². The van der Waals surface area contributed by atoms with E-state index < -0.39 is 51.1 Å². The van der Waals surface area contributed by atoms with E-state index in [1.165, 1.54) is 0 Å². The van der Waals surface area contributed by atoms with E-state index in [0.29, 0.717) is 12.8 Å². The van der Waals surface area contributed by atoms with Crippen molar-refractivity contribution in [3.8, 4) is 0 Å². The second-order valence-corrected chi connectivity index (χ2v) is 13.5. The van der Waals surface area contributed by atoms with Crippen molar-refractivity contribution < 1.29 is 47.5 Å². The van der Waals surface area contributed by atoms with E-state index in [2.05, 4.69) is 48.8 Å². The van der Waals surface area contributed by atoms with Crippen molar-refractivity contribution in [3.05, 3.63) is 85.1 Å². The molecular formula is C40H64NO10P. The molecule has 0 aromatic heterocycles. The Morgan fingerprint density at radius 3 is 1.54 bits per heavy atom. The van der Waals surface area contributed by atoms with Crippen LogP contribution in [0.2, 0.25) is 0 Å². The topological polar surface area (TPSA) is 172 Å². The van der Waals surface area contributed by atoms with E-state index in [9.17, 15) is 23.8 Å². The molecule has 0 saturated heterocycles. The van der Waals surface area contributed by atoms with Crippen LogP contribution in [0.1, 0.15) is 117 Å². The molecule has 0 spiro atoms. The summed E-state index contributed by atoms with van der Waals surface area (Å²) in [4.78, 5) is 45.7. The van der Waals surface area contributed by atoms with Crippen LogP contribution in [0.5, 0.6) is 0 Å². The minimum Gasteiger partial charge on any atom is -0.480 e. The lowest BCUT2D eigenvalue weighted by molar-refractivity contribution is -0.161. The van der Waals surface area contributed by atoms with E-state index in [-0.39, 0.29) is 19.4 Å². The predicted molar refractivity (Wildman–Crippen MR) is 207 cm³/mol. The van der Waals surface area contributed by atoms with Gasteiger partial charge in [-0.05, 0) is 51.4 Å². The molecular weight excluding hydrogens is 685 g/mol. The second kappa shape index (κ2) is 34.7. The van der Waals surface area contributed by atoms with Gasteiger partial charge in [-0.3, -0.25) is 23.4 Å². The average molecular weight is 750 g/mol. The predicted octanol–water partition coefficient (Wildman–Crippen LogP) is 9.16. The molecule has 0 aliphatic carbocycles. The first-order chi connectivity index (χ1) is 25.1. The van der Waals surface area contributed by atoms with Crippen LogP contribution in [0.3, 0.4) is 0 Å². The van der Waals surface area contributed by atoms with E-state index in [1.54, 1.807) is 0 Å². The number of hydrogen-bond donors (Lipinski definition) is 3. The third kappa shape index (κ3) is 33.8. The average Bonchev–Trinajstić information content (AvgIpc) is 3.12.